The number of carbonyl (C=O) groups excluding carboxylic acids is 2. The largest absolute Gasteiger partial charge is 0.338 e. The summed E-state index contributed by atoms with van der Waals surface area (Å²) in [6.07, 6.45) is 0.698. The Labute approximate surface area is 185 Å². The first kappa shape index (κ1) is 22.3. The van der Waals surface area contributed by atoms with Crippen molar-refractivity contribution < 1.29 is 22.8 Å². The highest BCUT2D eigenvalue weighted by molar-refractivity contribution is 5.94. The number of likely N-dealkylation sites (tertiary alicyclic amines) is 2. The monoisotopic (exact) mass is 445 g/mol. The maximum Gasteiger partial charge on any atom is 0.253 e. The van der Waals surface area contributed by atoms with Crippen molar-refractivity contribution >= 4 is 11.8 Å². The van der Waals surface area contributed by atoms with Crippen molar-refractivity contribution in [3.05, 3.63) is 70.5 Å². The zero-order valence-corrected chi connectivity index (χ0v) is 17.9. The van der Waals surface area contributed by atoms with Gasteiger partial charge in [0.25, 0.3) is 5.91 Å². The van der Waals surface area contributed by atoms with Crippen LogP contribution >= 0.6 is 0 Å². The molecule has 2 aromatic rings. The van der Waals surface area contributed by atoms with Crippen LogP contribution in [0.3, 0.4) is 0 Å². The lowest BCUT2D eigenvalue weighted by Crippen LogP contribution is -2.43. The van der Waals surface area contributed by atoms with Crippen LogP contribution in [-0.2, 0) is 11.2 Å². The molecule has 0 spiro atoms. The van der Waals surface area contributed by atoms with Gasteiger partial charge in [0.15, 0.2) is 11.6 Å². The second-order valence-electron chi connectivity index (χ2n) is 8.81. The van der Waals surface area contributed by atoms with Gasteiger partial charge in [-0.25, -0.2) is 13.2 Å². The molecule has 1 unspecified atom stereocenters. The van der Waals surface area contributed by atoms with E-state index in [0.717, 1.165) is 18.1 Å². The predicted molar refractivity (Wildman–Crippen MR) is 113 cm³/mol. The van der Waals surface area contributed by atoms with E-state index < -0.39 is 23.5 Å². The van der Waals surface area contributed by atoms with Crippen molar-refractivity contribution in [3.63, 3.8) is 0 Å². The molecule has 2 amide bonds. The fourth-order valence-electron chi connectivity index (χ4n) is 4.81. The average molecular weight is 445 g/mol. The van der Waals surface area contributed by atoms with Crippen LogP contribution in [0, 0.1) is 30.3 Å². The SMILES string of the molecule is Cc1cccc(C(=O)N2C[C@@H]3CCN(C(=O)CC(N)Cc4cc(F)c(F)cc4F)[C@@H]3C2)c1. The van der Waals surface area contributed by atoms with Crippen molar-refractivity contribution in [2.45, 2.75) is 38.3 Å². The second kappa shape index (κ2) is 8.94. The van der Waals surface area contributed by atoms with Gasteiger partial charge in [0.2, 0.25) is 5.91 Å². The van der Waals surface area contributed by atoms with E-state index in [1.54, 1.807) is 15.9 Å². The minimum absolute atomic E-state index is 0.0342. The summed E-state index contributed by atoms with van der Waals surface area (Å²) in [5.74, 6) is -3.28. The minimum atomic E-state index is -1.26. The van der Waals surface area contributed by atoms with Gasteiger partial charge in [-0.2, -0.15) is 0 Å². The Bertz CT molecular complexity index is 1050. The van der Waals surface area contributed by atoms with Crippen LogP contribution < -0.4 is 5.73 Å². The first-order valence-corrected chi connectivity index (χ1v) is 10.8. The van der Waals surface area contributed by atoms with E-state index in [0.29, 0.717) is 31.3 Å². The van der Waals surface area contributed by atoms with Gasteiger partial charge in [-0.1, -0.05) is 17.7 Å². The summed E-state index contributed by atoms with van der Waals surface area (Å²) < 4.78 is 40.4. The summed E-state index contributed by atoms with van der Waals surface area (Å²) in [5, 5.41) is 0. The van der Waals surface area contributed by atoms with Crippen LogP contribution in [0.15, 0.2) is 36.4 Å². The molecule has 0 aromatic heterocycles. The highest BCUT2D eigenvalue weighted by Gasteiger charge is 2.44. The molecule has 2 heterocycles. The van der Waals surface area contributed by atoms with Crippen LogP contribution in [0.25, 0.3) is 0 Å². The molecule has 2 aliphatic heterocycles. The van der Waals surface area contributed by atoms with Crippen LogP contribution in [-0.4, -0.2) is 53.3 Å². The van der Waals surface area contributed by atoms with Crippen LogP contribution in [0.4, 0.5) is 13.2 Å². The number of fused-ring (bicyclic) bond motifs is 1. The quantitative estimate of drug-likeness (QED) is 0.720. The third-order valence-corrected chi connectivity index (χ3v) is 6.43. The number of amides is 2. The lowest BCUT2D eigenvalue weighted by molar-refractivity contribution is -0.132. The molecule has 0 aliphatic carbocycles. The summed E-state index contributed by atoms with van der Waals surface area (Å²) in [5.41, 5.74) is 7.63. The predicted octanol–water partition coefficient (Wildman–Crippen LogP) is 3.05. The number of aryl methyl sites for hydroxylation is 1. The molecule has 170 valence electrons. The summed E-state index contributed by atoms with van der Waals surface area (Å²) in [4.78, 5) is 29.3. The van der Waals surface area contributed by atoms with E-state index in [9.17, 15) is 22.8 Å². The zero-order valence-electron chi connectivity index (χ0n) is 17.9. The lowest BCUT2D eigenvalue weighted by atomic mass is 10.0. The van der Waals surface area contributed by atoms with E-state index in [4.69, 9.17) is 5.73 Å². The van der Waals surface area contributed by atoms with E-state index in [1.807, 2.05) is 25.1 Å². The molecule has 0 radical (unpaired) electrons. The second-order valence-corrected chi connectivity index (χ2v) is 8.81. The Hall–Kier alpha value is -2.87. The van der Waals surface area contributed by atoms with Crippen LogP contribution in [0.2, 0.25) is 0 Å². The number of benzene rings is 2. The summed E-state index contributed by atoms with van der Waals surface area (Å²) in [7, 11) is 0. The van der Waals surface area contributed by atoms with E-state index in [1.165, 1.54) is 0 Å². The van der Waals surface area contributed by atoms with E-state index in [-0.39, 0.29) is 42.2 Å². The molecule has 2 N–H and O–H groups in total. The van der Waals surface area contributed by atoms with Crippen molar-refractivity contribution in [2.75, 3.05) is 19.6 Å². The number of carbonyl (C=O) groups is 2. The molecule has 2 aliphatic rings. The Morgan fingerprint density at radius 1 is 1.09 bits per heavy atom. The highest BCUT2D eigenvalue weighted by Crippen LogP contribution is 2.33. The molecule has 3 atom stereocenters. The first-order valence-electron chi connectivity index (χ1n) is 10.8. The number of nitrogens with zero attached hydrogens (tertiary/aromatic N) is 2. The zero-order chi connectivity index (χ0) is 23.0. The molecule has 0 bridgehead atoms. The van der Waals surface area contributed by atoms with Gasteiger partial charge in [0, 0.05) is 49.6 Å². The molecule has 4 rings (SSSR count). The Morgan fingerprint density at radius 2 is 1.84 bits per heavy atom. The van der Waals surface area contributed by atoms with Gasteiger partial charge in [0.05, 0.1) is 6.04 Å². The number of hydrogen-bond donors (Lipinski definition) is 1. The van der Waals surface area contributed by atoms with Crippen molar-refractivity contribution in [1.29, 1.82) is 0 Å². The Morgan fingerprint density at radius 3 is 2.59 bits per heavy atom. The lowest BCUT2D eigenvalue weighted by Gasteiger charge is -2.26. The van der Waals surface area contributed by atoms with Gasteiger partial charge in [-0.15, -0.1) is 0 Å². The van der Waals surface area contributed by atoms with Crippen molar-refractivity contribution in [2.24, 2.45) is 11.7 Å². The van der Waals surface area contributed by atoms with Gasteiger partial charge >= 0.3 is 0 Å². The smallest absolute Gasteiger partial charge is 0.253 e. The van der Waals surface area contributed by atoms with Gasteiger partial charge in [-0.05, 0) is 43.5 Å². The van der Waals surface area contributed by atoms with Gasteiger partial charge in [0.1, 0.15) is 5.82 Å². The number of nitrogens with two attached hydrogens (primary N) is 1. The number of hydrogen-bond acceptors (Lipinski definition) is 3. The van der Waals surface area contributed by atoms with Crippen LogP contribution in [0.5, 0.6) is 0 Å². The Balaban J connectivity index is 1.37. The molecule has 5 nitrogen and oxygen atoms in total. The molecule has 2 fully saturated rings. The normalized spacial score (nSPS) is 21.0. The fourth-order valence-corrected chi connectivity index (χ4v) is 4.81. The molecular weight excluding hydrogens is 419 g/mol. The molecule has 32 heavy (non-hydrogen) atoms. The molecule has 0 saturated carbocycles. The molecular formula is C24H26F3N3O2. The maximum atomic E-state index is 13.9. The fraction of sp³-hybridized carbons (Fsp3) is 0.417. The summed E-state index contributed by atoms with van der Waals surface area (Å²) in [6, 6.07) is 7.92. The highest BCUT2D eigenvalue weighted by atomic mass is 19.2. The van der Waals surface area contributed by atoms with Crippen LogP contribution in [0.1, 0.15) is 34.3 Å². The number of halogens is 3. The summed E-state index contributed by atoms with van der Waals surface area (Å²) >= 11 is 0. The van der Waals surface area contributed by atoms with Gasteiger partial charge < -0.3 is 15.5 Å². The number of rotatable bonds is 5. The maximum absolute atomic E-state index is 13.9. The topological polar surface area (TPSA) is 66.6 Å². The molecule has 2 saturated heterocycles. The average Bonchev–Trinajstić information content (AvgIpc) is 3.32. The minimum Gasteiger partial charge on any atom is -0.338 e. The van der Waals surface area contributed by atoms with E-state index >= 15 is 0 Å². The molecule has 8 heteroatoms. The molecule has 2 aromatic carbocycles. The van der Waals surface area contributed by atoms with E-state index in [2.05, 4.69) is 0 Å². The standard InChI is InChI=1S/C24H26F3N3O2/c1-14-3-2-4-15(7-14)24(32)29-12-16-5-6-30(22(16)13-29)23(31)10-18(28)8-17-9-20(26)21(27)11-19(17)25/h2-4,7,9,11,16,18,22H,5-6,8,10,12-13,28H2,1H3/t16-,18?,22+/m0/s1. The van der Waals surface area contributed by atoms with Gasteiger partial charge in [-0.3, -0.25) is 9.59 Å². The summed E-state index contributed by atoms with van der Waals surface area (Å²) in [6.45, 7) is 3.60. The van der Waals surface area contributed by atoms with Crippen molar-refractivity contribution in [1.82, 2.24) is 9.80 Å². The van der Waals surface area contributed by atoms with Crippen molar-refractivity contribution in [3.8, 4) is 0 Å². The third-order valence-electron chi connectivity index (χ3n) is 6.43. The Kier molecular flexibility index (Phi) is 6.24. The first-order chi connectivity index (χ1) is 15.2. The third kappa shape index (κ3) is 4.50.